The Kier molecular flexibility index (Phi) is 4.63. The SMILES string of the molecule is O=C(O)C1CCN(C(=O)N2CCC(C(F)(F)F)CC2)CC1. The number of halogens is 3. The van der Waals surface area contributed by atoms with Gasteiger partial charge in [-0.15, -0.1) is 0 Å². The van der Waals surface area contributed by atoms with Crippen LogP contribution in [0.25, 0.3) is 0 Å². The number of carboxylic acids is 1. The van der Waals surface area contributed by atoms with Gasteiger partial charge in [-0.1, -0.05) is 0 Å². The van der Waals surface area contributed by atoms with E-state index in [2.05, 4.69) is 0 Å². The van der Waals surface area contributed by atoms with Crippen LogP contribution in [0.3, 0.4) is 0 Å². The highest BCUT2D eigenvalue weighted by Gasteiger charge is 2.42. The first kappa shape index (κ1) is 15.9. The van der Waals surface area contributed by atoms with Crippen molar-refractivity contribution >= 4 is 12.0 Å². The predicted octanol–water partition coefficient (Wildman–Crippen LogP) is 2.18. The lowest BCUT2D eigenvalue weighted by Crippen LogP contribution is -2.50. The van der Waals surface area contributed by atoms with Gasteiger partial charge in [-0.3, -0.25) is 4.79 Å². The molecule has 2 saturated heterocycles. The van der Waals surface area contributed by atoms with Crippen LogP contribution in [0.5, 0.6) is 0 Å². The summed E-state index contributed by atoms with van der Waals surface area (Å²) in [6.07, 6.45) is -3.49. The second kappa shape index (κ2) is 6.11. The number of hydrogen-bond acceptors (Lipinski definition) is 2. The zero-order valence-corrected chi connectivity index (χ0v) is 11.6. The summed E-state index contributed by atoms with van der Waals surface area (Å²) < 4.78 is 37.7. The third-order valence-electron chi connectivity index (χ3n) is 4.34. The molecular weight excluding hydrogens is 289 g/mol. The number of alkyl halides is 3. The van der Waals surface area contributed by atoms with Gasteiger partial charge in [0.25, 0.3) is 0 Å². The first-order valence-corrected chi connectivity index (χ1v) is 7.12. The van der Waals surface area contributed by atoms with Gasteiger partial charge < -0.3 is 14.9 Å². The molecule has 0 aromatic heterocycles. The molecule has 21 heavy (non-hydrogen) atoms. The standard InChI is InChI=1S/C13H19F3N2O3/c14-13(15,16)10-3-7-18(8-4-10)12(21)17-5-1-9(2-6-17)11(19)20/h9-10H,1-8H2,(H,19,20). The molecule has 0 saturated carbocycles. The molecule has 0 aromatic carbocycles. The Morgan fingerprint density at radius 2 is 1.33 bits per heavy atom. The van der Waals surface area contributed by atoms with E-state index in [0.29, 0.717) is 25.9 Å². The Morgan fingerprint density at radius 1 is 0.905 bits per heavy atom. The number of carboxylic acid groups (broad SMARTS) is 1. The van der Waals surface area contributed by atoms with Crippen LogP contribution in [-0.2, 0) is 4.79 Å². The molecule has 8 heteroatoms. The summed E-state index contributed by atoms with van der Waals surface area (Å²) >= 11 is 0. The summed E-state index contributed by atoms with van der Waals surface area (Å²) in [7, 11) is 0. The molecule has 1 N–H and O–H groups in total. The van der Waals surface area contributed by atoms with E-state index < -0.39 is 24.0 Å². The average Bonchev–Trinajstić information content (AvgIpc) is 2.46. The fourth-order valence-corrected chi connectivity index (χ4v) is 2.92. The molecule has 0 spiro atoms. The van der Waals surface area contributed by atoms with Gasteiger partial charge in [-0.2, -0.15) is 13.2 Å². The summed E-state index contributed by atoms with van der Waals surface area (Å²) in [5, 5.41) is 8.90. The van der Waals surface area contributed by atoms with Gasteiger partial charge in [-0.05, 0) is 25.7 Å². The van der Waals surface area contributed by atoms with Gasteiger partial charge in [0.15, 0.2) is 0 Å². The van der Waals surface area contributed by atoms with Crippen molar-refractivity contribution in [1.29, 1.82) is 0 Å². The van der Waals surface area contributed by atoms with E-state index in [1.165, 1.54) is 4.90 Å². The summed E-state index contributed by atoms with van der Waals surface area (Å²) in [5.41, 5.74) is 0. The Hall–Kier alpha value is -1.47. The summed E-state index contributed by atoms with van der Waals surface area (Å²) in [6.45, 7) is 0.938. The maximum atomic E-state index is 12.6. The number of carbonyl (C=O) groups is 2. The number of piperidine rings is 2. The van der Waals surface area contributed by atoms with Gasteiger partial charge in [-0.25, -0.2) is 4.79 Å². The number of likely N-dealkylation sites (tertiary alicyclic amines) is 2. The van der Waals surface area contributed by atoms with Crippen molar-refractivity contribution in [1.82, 2.24) is 9.80 Å². The number of amides is 2. The van der Waals surface area contributed by atoms with E-state index in [4.69, 9.17) is 5.11 Å². The predicted molar refractivity (Wildman–Crippen MR) is 67.7 cm³/mol. The zero-order valence-electron chi connectivity index (χ0n) is 11.6. The van der Waals surface area contributed by atoms with Crippen molar-refractivity contribution in [2.24, 2.45) is 11.8 Å². The minimum absolute atomic E-state index is 0.0547. The lowest BCUT2D eigenvalue weighted by Gasteiger charge is -2.38. The van der Waals surface area contributed by atoms with E-state index in [1.807, 2.05) is 0 Å². The lowest BCUT2D eigenvalue weighted by atomic mass is 9.95. The van der Waals surface area contributed by atoms with Crippen LogP contribution in [0.2, 0.25) is 0 Å². The maximum absolute atomic E-state index is 12.6. The van der Waals surface area contributed by atoms with E-state index in [1.54, 1.807) is 4.90 Å². The summed E-state index contributed by atoms with van der Waals surface area (Å²) in [4.78, 5) is 26.0. The molecule has 0 aliphatic carbocycles. The fraction of sp³-hybridized carbons (Fsp3) is 0.846. The van der Waals surface area contributed by atoms with Gasteiger partial charge in [0.1, 0.15) is 0 Å². The van der Waals surface area contributed by atoms with E-state index in [-0.39, 0.29) is 32.0 Å². The van der Waals surface area contributed by atoms with Crippen LogP contribution in [0.4, 0.5) is 18.0 Å². The fourth-order valence-electron chi connectivity index (χ4n) is 2.92. The monoisotopic (exact) mass is 308 g/mol. The molecule has 0 atom stereocenters. The molecule has 120 valence electrons. The normalized spacial score (nSPS) is 22.4. The van der Waals surface area contributed by atoms with Crippen molar-refractivity contribution in [3.63, 3.8) is 0 Å². The minimum Gasteiger partial charge on any atom is -0.481 e. The van der Waals surface area contributed by atoms with Crippen LogP contribution in [0, 0.1) is 11.8 Å². The number of carbonyl (C=O) groups excluding carboxylic acids is 1. The molecule has 2 aliphatic heterocycles. The molecule has 2 rings (SSSR count). The molecule has 0 aromatic rings. The number of hydrogen-bond donors (Lipinski definition) is 1. The summed E-state index contributed by atoms with van der Waals surface area (Å²) in [6, 6.07) is -0.264. The number of urea groups is 1. The number of rotatable bonds is 1. The Labute approximate surface area is 120 Å². The molecular formula is C13H19F3N2O3. The molecule has 0 unspecified atom stereocenters. The average molecular weight is 308 g/mol. The quantitative estimate of drug-likeness (QED) is 0.807. The topological polar surface area (TPSA) is 60.9 Å². The molecule has 2 amide bonds. The second-order valence-corrected chi connectivity index (χ2v) is 5.69. The van der Waals surface area contributed by atoms with Crippen LogP contribution in [0.1, 0.15) is 25.7 Å². The van der Waals surface area contributed by atoms with Gasteiger partial charge in [0, 0.05) is 26.2 Å². The molecule has 2 aliphatic rings. The van der Waals surface area contributed by atoms with Gasteiger partial charge in [0.2, 0.25) is 0 Å². The second-order valence-electron chi connectivity index (χ2n) is 5.69. The first-order valence-electron chi connectivity index (χ1n) is 7.12. The van der Waals surface area contributed by atoms with Crippen molar-refractivity contribution < 1.29 is 27.9 Å². The molecule has 5 nitrogen and oxygen atoms in total. The molecule has 2 heterocycles. The Balaban J connectivity index is 1.82. The third kappa shape index (κ3) is 3.79. The smallest absolute Gasteiger partial charge is 0.391 e. The Morgan fingerprint density at radius 3 is 1.71 bits per heavy atom. The van der Waals surface area contributed by atoms with Crippen molar-refractivity contribution in [2.75, 3.05) is 26.2 Å². The number of nitrogens with zero attached hydrogens (tertiary/aromatic N) is 2. The van der Waals surface area contributed by atoms with E-state index in [9.17, 15) is 22.8 Å². The first-order chi connectivity index (χ1) is 9.79. The molecule has 0 radical (unpaired) electrons. The van der Waals surface area contributed by atoms with Crippen LogP contribution in [0.15, 0.2) is 0 Å². The number of aliphatic carboxylic acids is 1. The lowest BCUT2D eigenvalue weighted by molar-refractivity contribution is -0.183. The zero-order chi connectivity index (χ0) is 15.6. The largest absolute Gasteiger partial charge is 0.481 e. The van der Waals surface area contributed by atoms with Crippen LogP contribution in [-0.4, -0.2) is 59.3 Å². The Bertz CT molecular complexity index is 398. The van der Waals surface area contributed by atoms with E-state index in [0.717, 1.165) is 0 Å². The summed E-state index contributed by atoms with van der Waals surface area (Å²) in [5.74, 6) is -2.60. The highest BCUT2D eigenvalue weighted by molar-refractivity contribution is 5.75. The maximum Gasteiger partial charge on any atom is 0.391 e. The molecule has 0 bridgehead atoms. The highest BCUT2D eigenvalue weighted by Crippen LogP contribution is 2.34. The minimum atomic E-state index is -4.19. The van der Waals surface area contributed by atoms with E-state index >= 15 is 0 Å². The molecule has 2 fully saturated rings. The van der Waals surface area contributed by atoms with Crippen molar-refractivity contribution in [3.05, 3.63) is 0 Å². The third-order valence-corrected chi connectivity index (χ3v) is 4.34. The van der Waals surface area contributed by atoms with Crippen molar-refractivity contribution in [3.8, 4) is 0 Å². The van der Waals surface area contributed by atoms with Gasteiger partial charge >= 0.3 is 18.2 Å². The van der Waals surface area contributed by atoms with Crippen LogP contribution < -0.4 is 0 Å². The van der Waals surface area contributed by atoms with Gasteiger partial charge in [0.05, 0.1) is 11.8 Å². The van der Waals surface area contributed by atoms with Crippen molar-refractivity contribution in [2.45, 2.75) is 31.9 Å². The van der Waals surface area contributed by atoms with Crippen LogP contribution >= 0.6 is 0 Å². The highest BCUT2D eigenvalue weighted by atomic mass is 19.4.